The monoisotopic (exact) mass is 444 g/mol. The van der Waals surface area contributed by atoms with E-state index in [1.165, 1.54) is 5.56 Å². The van der Waals surface area contributed by atoms with Crippen LogP contribution in [0.3, 0.4) is 0 Å². The number of piperidine rings is 1. The Bertz CT molecular complexity index is 985. The molecule has 2 saturated heterocycles. The van der Waals surface area contributed by atoms with Crippen LogP contribution in [0.15, 0.2) is 52.1 Å². The van der Waals surface area contributed by atoms with Gasteiger partial charge in [0, 0.05) is 43.4 Å². The number of nitrogens with zero attached hydrogens (tertiary/aromatic N) is 2. The Morgan fingerprint density at radius 3 is 2.47 bits per heavy atom. The van der Waals surface area contributed by atoms with E-state index in [-0.39, 0.29) is 23.8 Å². The molecule has 5 rings (SSSR count). The van der Waals surface area contributed by atoms with Crippen molar-refractivity contribution in [2.24, 2.45) is 11.8 Å². The third-order valence-electron chi connectivity index (χ3n) is 7.23. The SMILES string of the molecule is O=C(C1CCCC1)N1C[C@@H](c2ccsc2)[C@@H]2CN(S(=O)(=O)c3ccccc3)CC[C@@H]21. The van der Waals surface area contributed by atoms with Crippen LogP contribution in [0.25, 0.3) is 0 Å². The van der Waals surface area contributed by atoms with E-state index in [0.29, 0.717) is 23.9 Å². The zero-order valence-corrected chi connectivity index (χ0v) is 18.7. The number of carbonyl (C=O) groups is 1. The Morgan fingerprint density at radius 2 is 1.77 bits per heavy atom. The van der Waals surface area contributed by atoms with Crippen LogP contribution < -0.4 is 0 Å². The molecule has 0 radical (unpaired) electrons. The second-order valence-electron chi connectivity index (χ2n) is 8.83. The fraction of sp³-hybridized carbons (Fsp3) is 0.522. The van der Waals surface area contributed by atoms with Gasteiger partial charge in [0.25, 0.3) is 0 Å². The average molecular weight is 445 g/mol. The molecule has 0 N–H and O–H groups in total. The summed E-state index contributed by atoms with van der Waals surface area (Å²) < 4.78 is 28.1. The van der Waals surface area contributed by atoms with Crippen LogP contribution in [0.5, 0.6) is 0 Å². The number of hydrogen-bond acceptors (Lipinski definition) is 4. The largest absolute Gasteiger partial charge is 0.338 e. The summed E-state index contributed by atoms with van der Waals surface area (Å²) in [5, 5.41) is 4.24. The summed E-state index contributed by atoms with van der Waals surface area (Å²) in [6.45, 7) is 1.68. The van der Waals surface area contributed by atoms with Crippen molar-refractivity contribution in [2.45, 2.75) is 49.0 Å². The molecule has 3 atom stereocenters. The van der Waals surface area contributed by atoms with Crippen LogP contribution in [-0.2, 0) is 14.8 Å². The topological polar surface area (TPSA) is 57.7 Å². The van der Waals surface area contributed by atoms with Crippen LogP contribution >= 0.6 is 11.3 Å². The van der Waals surface area contributed by atoms with Gasteiger partial charge in [-0.15, -0.1) is 0 Å². The maximum Gasteiger partial charge on any atom is 0.243 e. The van der Waals surface area contributed by atoms with Crippen molar-refractivity contribution in [1.82, 2.24) is 9.21 Å². The molecular weight excluding hydrogens is 416 g/mol. The van der Waals surface area contributed by atoms with Crippen molar-refractivity contribution in [1.29, 1.82) is 0 Å². The molecule has 2 aliphatic heterocycles. The summed E-state index contributed by atoms with van der Waals surface area (Å²) in [6.07, 6.45) is 5.02. The highest BCUT2D eigenvalue weighted by atomic mass is 32.2. The highest BCUT2D eigenvalue weighted by Gasteiger charge is 2.49. The third-order valence-corrected chi connectivity index (χ3v) is 9.81. The van der Waals surface area contributed by atoms with Gasteiger partial charge in [-0.05, 0) is 53.8 Å². The van der Waals surface area contributed by atoms with Gasteiger partial charge in [0.05, 0.1) is 4.90 Å². The number of likely N-dealkylation sites (tertiary alicyclic amines) is 1. The van der Waals surface area contributed by atoms with Crippen LogP contribution in [0, 0.1) is 11.8 Å². The van der Waals surface area contributed by atoms with Gasteiger partial charge in [-0.3, -0.25) is 4.79 Å². The fourth-order valence-electron chi connectivity index (χ4n) is 5.66. The standard InChI is InChI=1S/C23H28N2O3S2/c26-23(17-6-4-5-7-17)25-15-20(18-11-13-29-16-18)21-14-24(12-10-22(21)25)30(27,28)19-8-2-1-3-9-19/h1-3,8-9,11,13,16-17,20-22H,4-7,10,12,14-15H2/t20-,21-,22-/m0/s1. The summed E-state index contributed by atoms with van der Waals surface area (Å²) in [7, 11) is -3.51. The van der Waals surface area contributed by atoms with E-state index in [9.17, 15) is 13.2 Å². The number of hydrogen-bond donors (Lipinski definition) is 0. The first-order valence-corrected chi connectivity index (χ1v) is 13.3. The molecule has 3 heterocycles. The van der Waals surface area contributed by atoms with E-state index in [4.69, 9.17) is 0 Å². The minimum absolute atomic E-state index is 0.144. The molecule has 1 saturated carbocycles. The van der Waals surface area contributed by atoms with Gasteiger partial charge in [-0.2, -0.15) is 15.6 Å². The van der Waals surface area contributed by atoms with Gasteiger partial charge in [-0.1, -0.05) is 31.0 Å². The van der Waals surface area contributed by atoms with Crippen LogP contribution in [0.1, 0.15) is 43.6 Å². The maximum absolute atomic E-state index is 13.3. The summed E-state index contributed by atoms with van der Waals surface area (Å²) in [5.74, 6) is 0.829. The highest BCUT2D eigenvalue weighted by molar-refractivity contribution is 7.89. The number of rotatable bonds is 4. The van der Waals surface area contributed by atoms with Gasteiger partial charge in [0.15, 0.2) is 0 Å². The molecule has 1 aromatic carbocycles. The Morgan fingerprint density at radius 1 is 1.00 bits per heavy atom. The van der Waals surface area contributed by atoms with E-state index in [1.54, 1.807) is 39.9 Å². The quantitative estimate of drug-likeness (QED) is 0.718. The molecule has 30 heavy (non-hydrogen) atoms. The Hall–Kier alpha value is -1.70. The molecule has 0 unspecified atom stereocenters. The molecule has 0 bridgehead atoms. The summed E-state index contributed by atoms with van der Waals surface area (Å²) in [5.41, 5.74) is 1.25. The van der Waals surface area contributed by atoms with Crippen LogP contribution in [0.4, 0.5) is 0 Å². The van der Waals surface area contributed by atoms with Crippen molar-refractivity contribution in [3.63, 3.8) is 0 Å². The average Bonchev–Trinajstić information content (AvgIpc) is 3.54. The predicted octanol–water partition coefficient (Wildman–Crippen LogP) is 3.94. The molecule has 5 nitrogen and oxygen atoms in total. The maximum atomic E-state index is 13.3. The first-order chi connectivity index (χ1) is 14.6. The molecule has 160 valence electrons. The molecule has 7 heteroatoms. The second-order valence-corrected chi connectivity index (χ2v) is 11.5. The van der Waals surface area contributed by atoms with Gasteiger partial charge >= 0.3 is 0 Å². The summed E-state index contributed by atoms with van der Waals surface area (Å²) in [4.78, 5) is 15.8. The summed E-state index contributed by atoms with van der Waals surface area (Å²) >= 11 is 1.67. The van der Waals surface area contributed by atoms with E-state index in [1.807, 2.05) is 6.07 Å². The van der Waals surface area contributed by atoms with Crippen molar-refractivity contribution < 1.29 is 13.2 Å². The zero-order valence-electron chi connectivity index (χ0n) is 17.0. The summed E-state index contributed by atoms with van der Waals surface area (Å²) in [6, 6.07) is 11.0. The molecule has 1 aromatic heterocycles. The number of amides is 1. The molecule has 0 spiro atoms. The van der Waals surface area contributed by atoms with Gasteiger partial charge in [-0.25, -0.2) is 8.42 Å². The first-order valence-electron chi connectivity index (χ1n) is 10.9. The van der Waals surface area contributed by atoms with E-state index in [0.717, 1.165) is 38.6 Å². The Kier molecular flexibility index (Phi) is 5.45. The molecule has 3 fully saturated rings. The van der Waals surface area contributed by atoms with Crippen LogP contribution in [-0.4, -0.2) is 49.2 Å². The molecule has 1 amide bonds. The first kappa shape index (κ1) is 20.2. The molecule has 2 aromatic rings. The van der Waals surface area contributed by atoms with Gasteiger partial charge in [0.2, 0.25) is 15.9 Å². The predicted molar refractivity (Wildman–Crippen MR) is 118 cm³/mol. The lowest BCUT2D eigenvalue weighted by molar-refractivity contribution is -0.137. The van der Waals surface area contributed by atoms with Crippen molar-refractivity contribution in [3.05, 3.63) is 52.7 Å². The number of fused-ring (bicyclic) bond motifs is 1. The number of thiophene rings is 1. The van der Waals surface area contributed by atoms with E-state index >= 15 is 0 Å². The number of benzene rings is 1. The van der Waals surface area contributed by atoms with E-state index in [2.05, 4.69) is 21.7 Å². The lowest BCUT2D eigenvalue weighted by atomic mass is 9.83. The van der Waals surface area contributed by atoms with E-state index < -0.39 is 10.0 Å². The zero-order chi connectivity index (χ0) is 20.7. The molecular formula is C23H28N2O3S2. The second kappa shape index (κ2) is 8.09. The number of sulfonamides is 1. The van der Waals surface area contributed by atoms with Crippen molar-refractivity contribution in [3.8, 4) is 0 Å². The fourth-order valence-corrected chi connectivity index (χ4v) is 7.90. The Balaban J connectivity index is 1.43. The highest BCUT2D eigenvalue weighted by Crippen LogP contribution is 2.44. The lowest BCUT2D eigenvalue weighted by Crippen LogP contribution is -2.50. The normalized spacial score (nSPS) is 28.0. The Labute approximate surface area is 182 Å². The number of carbonyl (C=O) groups excluding carboxylic acids is 1. The van der Waals surface area contributed by atoms with Crippen LogP contribution in [0.2, 0.25) is 0 Å². The van der Waals surface area contributed by atoms with Gasteiger partial charge in [0.1, 0.15) is 0 Å². The van der Waals surface area contributed by atoms with Crippen molar-refractivity contribution >= 4 is 27.3 Å². The smallest absolute Gasteiger partial charge is 0.243 e. The minimum Gasteiger partial charge on any atom is -0.338 e. The lowest BCUT2D eigenvalue weighted by Gasteiger charge is -2.38. The van der Waals surface area contributed by atoms with Crippen molar-refractivity contribution in [2.75, 3.05) is 19.6 Å². The molecule has 1 aliphatic carbocycles. The third kappa shape index (κ3) is 3.51. The molecule has 3 aliphatic rings. The van der Waals surface area contributed by atoms with Gasteiger partial charge < -0.3 is 4.90 Å². The minimum atomic E-state index is -3.51.